The molecule has 0 aliphatic carbocycles. The number of nitrogens with one attached hydrogen (secondary N) is 1. The largest absolute Gasteiger partial charge is 0.481 e. The highest BCUT2D eigenvalue weighted by Gasteiger charge is 2.25. The second-order valence-electron chi connectivity index (χ2n) is 3.97. The monoisotopic (exact) mass is 223 g/mol. The van der Waals surface area contributed by atoms with Crippen LogP contribution >= 0.6 is 0 Å². The lowest BCUT2D eigenvalue weighted by Gasteiger charge is -2.18. The molecule has 0 aromatic carbocycles. The van der Waals surface area contributed by atoms with Crippen LogP contribution in [0.4, 0.5) is 5.82 Å². The number of aromatic nitrogens is 2. The molecule has 0 radical (unpaired) electrons. The summed E-state index contributed by atoms with van der Waals surface area (Å²) < 4.78 is 10.7. The van der Waals surface area contributed by atoms with Crippen molar-refractivity contribution in [1.82, 2.24) is 9.97 Å². The highest BCUT2D eigenvalue weighted by atomic mass is 16.5. The lowest BCUT2D eigenvalue weighted by Crippen LogP contribution is -2.27. The van der Waals surface area contributed by atoms with Crippen LogP contribution < -0.4 is 10.1 Å². The summed E-state index contributed by atoms with van der Waals surface area (Å²) >= 11 is 0. The molecule has 88 valence electrons. The van der Waals surface area contributed by atoms with Crippen LogP contribution in [0.3, 0.4) is 0 Å². The SMILES string of the molecule is COc1ncnc(NC2CCOC2C)c1C. The van der Waals surface area contributed by atoms with E-state index in [0.717, 1.165) is 24.4 Å². The van der Waals surface area contributed by atoms with Crippen molar-refractivity contribution >= 4 is 5.82 Å². The van der Waals surface area contributed by atoms with Crippen LogP contribution in [-0.2, 0) is 4.74 Å². The fourth-order valence-electron chi connectivity index (χ4n) is 1.88. The molecule has 2 rings (SSSR count). The molecule has 1 N–H and O–H groups in total. The molecule has 2 unspecified atom stereocenters. The van der Waals surface area contributed by atoms with Gasteiger partial charge in [-0.1, -0.05) is 0 Å². The van der Waals surface area contributed by atoms with E-state index in [0.29, 0.717) is 11.9 Å². The van der Waals surface area contributed by atoms with Crippen molar-refractivity contribution in [3.05, 3.63) is 11.9 Å². The molecule has 1 aliphatic heterocycles. The Labute approximate surface area is 95.2 Å². The first kappa shape index (κ1) is 11.1. The maximum Gasteiger partial charge on any atom is 0.221 e. The first-order chi connectivity index (χ1) is 7.72. The van der Waals surface area contributed by atoms with Crippen LogP contribution in [0.25, 0.3) is 0 Å². The Kier molecular flexibility index (Phi) is 3.24. The summed E-state index contributed by atoms with van der Waals surface area (Å²) in [6.07, 6.45) is 2.74. The quantitative estimate of drug-likeness (QED) is 0.839. The minimum atomic E-state index is 0.223. The fourth-order valence-corrected chi connectivity index (χ4v) is 1.88. The molecule has 16 heavy (non-hydrogen) atoms. The van der Waals surface area contributed by atoms with E-state index in [4.69, 9.17) is 9.47 Å². The smallest absolute Gasteiger partial charge is 0.221 e. The predicted octanol–water partition coefficient (Wildman–Crippen LogP) is 1.38. The van der Waals surface area contributed by atoms with Crippen molar-refractivity contribution < 1.29 is 9.47 Å². The molecule has 1 aromatic heterocycles. The molecule has 0 saturated carbocycles. The zero-order chi connectivity index (χ0) is 11.5. The van der Waals surface area contributed by atoms with Gasteiger partial charge in [-0.25, -0.2) is 9.97 Å². The highest BCUT2D eigenvalue weighted by molar-refractivity contribution is 5.48. The van der Waals surface area contributed by atoms with Gasteiger partial charge in [0.05, 0.1) is 24.8 Å². The van der Waals surface area contributed by atoms with Gasteiger partial charge in [-0.3, -0.25) is 0 Å². The first-order valence-electron chi connectivity index (χ1n) is 5.46. The second kappa shape index (κ2) is 4.65. The molecule has 0 amide bonds. The van der Waals surface area contributed by atoms with Crippen molar-refractivity contribution in [2.24, 2.45) is 0 Å². The van der Waals surface area contributed by atoms with E-state index in [1.165, 1.54) is 6.33 Å². The average Bonchev–Trinajstić information content (AvgIpc) is 2.68. The fraction of sp³-hybridized carbons (Fsp3) is 0.636. The summed E-state index contributed by atoms with van der Waals surface area (Å²) in [5.41, 5.74) is 0.934. The van der Waals surface area contributed by atoms with Crippen molar-refractivity contribution in [2.45, 2.75) is 32.4 Å². The lowest BCUT2D eigenvalue weighted by atomic mass is 10.1. The molecule has 0 spiro atoms. The molecule has 2 heterocycles. The van der Waals surface area contributed by atoms with Crippen LogP contribution in [0.15, 0.2) is 6.33 Å². The van der Waals surface area contributed by atoms with Gasteiger partial charge in [-0.2, -0.15) is 0 Å². The number of anilines is 1. The first-order valence-corrected chi connectivity index (χ1v) is 5.46. The second-order valence-corrected chi connectivity index (χ2v) is 3.97. The van der Waals surface area contributed by atoms with E-state index < -0.39 is 0 Å². The van der Waals surface area contributed by atoms with E-state index >= 15 is 0 Å². The Hall–Kier alpha value is -1.36. The zero-order valence-electron chi connectivity index (χ0n) is 9.86. The van der Waals surface area contributed by atoms with E-state index in [9.17, 15) is 0 Å². The van der Waals surface area contributed by atoms with Crippen LogP contribution in [0.1, 0.15) is 18.9 Å². The van der Waals surface area contributed by atoms with Crippen molar-refractivity contribution in [2.75, 3.05) is 19.0 Å². The summed E-state index contributed by atoms with van der Waals surface area (Å²) in [7, 11) is 1.61. The molecule has 2 atom stereocenters. The third-order valence-electron chi connectivity index (χ3n) is 2.93. The van der Waals surface area contributed by atoms with Gasteiger partial charge in [0.25, 0.3) is 0 Å². The molecule has 1 aromatic rings. The highest BCUT2D eigenvalue weighted by Crippen LogP contribution is 2.23. The Morgan fingerprint density at radius 2 is 2.31 bits per heavy atom. The van der Waals surface area contributed by atoms with Gasteiger partial charge >= 0.3 is 0 Å². The van der Waals surface area contributed by atoms with Crippen molar-refractivity contribution in [1.29, 1.82) is 0 Å². The number of nitrogens with zero attached hydrogens (tertiary/aromatic N) is 2. The van der Waals surface area contributed by atoms with Gasteiger partial charge in [-0.05, 0) is 20.3 Å². The summed E-state index contributed by atoms with van der Waals surface area (Å²) in [5, 5.41) is 3.38. The third-order valence-corrected chi connectivity index (χ3v) is 2.93. The number of ether oxygens (including phenoxy) is 2. The topological polar surface area (TPSA) is 56.3 Å². The molecule has 1 aliphatic rings. The Morgan fingerprint density at radius 3 is 2.94 bits per heavy atom. The van der Waals surface area contributed by atoms with Crippen molar-refractivity contribution in [3.8, 4) is 5.88 Å². The van der Waals surface area contributed by atoms with Crippen molar-refractivity contribution in [3.63, 3.8) is 0 Å². The van der Waals surface area contributed by atoms with Gasteiger partial charge in [0, 0.05) is 6.61 Å². The Balaban J connectivity index is 2.14. The van der Waals surface area contributed by atoms with Gasteiger partial charge < -0.3 is 14.8 Å². The Bertz CT molecular complexity index is 370. The molecular weight excluding hydrogens is 206 g/mol. The maximum atomic E-state index is 5.50. The number of rotatable bonds is 3. The predicted molar refractivity (Wildman–Crippen MR) is 60.8 cm³/mol. The van der Waals surface area contributed by atoms with E-state index in [2.05, 4.69) is 22.2 Å². The lowest BCUT2D eigenvalue weighted by molar-refractivity contribution is 0.121. The van der Waals surface area contributed by atoms with Crippen LogP contribution in [0.2, 0.25) is 0 Å². The number of hydrogen-bond donors (Lipinski definition) is 1. The molecule has 1 saturated heterocycles. The normalized spacial score (nSPS) is 24.4. The van der Waals surface area contributed by atoms with Gasteiger partial charge in [0.2, 0.25) is 5.88 Å². The molecular formula is C11H17N3O2. The average molecular weight is 223 g/mol. The minimum Gasteiger partial charge on any atom is -0.481 e. The van der Waals surface area contributed by atoms with Crippen LogP contribution in [0, 0.1) is 6.92 Å². The van der Waals surface area contributed by atoms with Gasteiger partial charge in [0.1, 0.15) is 12.1 Å². The minimum absolute atomic E-state index is 0.223. The molecule has 0 bridgehead atoms. The van der Waals surface area contributed by atoms with Crippen LogP contribution in [0.5, 0.6) is 5.88 Å². The van der Waals surface area contributed by atoms with E-state index in [-0.39, 0.29) is 6.10 Å². The maximum absolute atomic E-state index is 5.50. The summed E-state index contributed by atoms with van der Waals surface area (Å²) in [4.78, 5) is 8.27. The summed E-state index contributed by atoms with van der Waals surface area (Å²) in [6, 6.07) is 0.318. The molecule has 5 nitrogen and oxygen atoms in total. The number of methoxy groups -OCH3 is 1. The summed E-state index contributed by atoms with van der Waals surface area (Å²) in [6.45, 7) is 4.82. The number of hydrogen-bond acceptors (Lipinski definition) is 5. The van der Waals surface area contributed by atoms with Gasteiger partial charge in [-0.15, -0.1) is 0 Å². The van der Waals surface area contributed by atoms with Crippen LogP contribution in [-0.4, -0.2) is 35.8 Å². The standard InChI is InChI=1S/C11H17N3O2/c1-7-10(12-6-13-11(7)15-3)14-9-4-5-16-8(9)2/h6,8-9H,4-5H2,1-3H3,(H,12,13,14). The van der Waals surface area contributed by atoms with E-state index in [1.807, 2.05) is 6.92 Å². The molecule has 1 fully saturated rings. The Morgan fingerprint density at radius 1 is 1.50 bits per heavy atom. The van der Waals surface area contributed by atoms with E-state index in [1.54, 1.807) is 7.11 Å². The molecule has 5 heteroatoms. The summed E-state index contributed by atoms with van der Waals surface area (Å²) in [5.74, 6) is 1.44. The zero-order valence-corrected chi connectivity index (χ0v) is 9.86. The third kappa shape index (κ3) is 2.09. The van der Waals surface area contributed by atoms with Gasteiger partial charge in [0.15, 0.2) is 0 Å².